The van der Waals surface area contributed by atoms with Crippen molar-refractivity contribution in [3.8, 4) is 0 Å². The lowest BCUT2D eigenvalue weighted by Crippen LogP contribution is -2.56. The maximum Gasteiger partial charge on any atom is 0.344 e. The Morgan fingerprint density at radius 1 is 0.898 bits per heavy atom. The highest BCUT2D eigenvalue weighted by atomic mass is 16.7. The van der Waals surface area contributed by atoms with Crippen molar-refractivity contribution in [1.82, 2.24) is 0 Å². The molecule has 284 valence electrons. The molecule has 2 aliphatic heterocycles. The molecule has 3 atom stereocenters. The van der Waals surface area contributed by atoms with Gasteiger partial charge in [0, 0.05) is 36.4 Å². The molecule has 0 amide bonds. The Balaban J connectivity index is 0. The number of rotatable bonds is 15. The van der Waals surface area contributed by atoms with Gasteiger partial charge in [-0.3, -0.25) is 9.59 Å². The minimum absolute atomic E-state index is 0.106. The van der Waals surface area contributed by atoms with Crippen LogP contribution < -0.4 is 0 Å². The lowest BCUT2D eigenvalue weighted by molar-refractivity contribution is -0.329. The van der Waals surface area contributed by atoms with Crippen LogP contribution in [-0.2, 0) is 52.3 Å². The first-order valence-corrected chi connectivity index (χ1v) is 17.0. The van der Waals surface area contributed by atoms with Crippen LogP contribution in [0.1, 0.15) is 108 Å². The van der Waals surface area contributed by atoms with Gasteiger partial charge in [0.1, 0.15) is 6.61 Å². The Morgan fingerprint density at radius 2 is 1.51 bits per heavy atom. The second-order valence-electron chi connectivity index (χ2n) is 14.0. The number of hydrogen-bond acceptors (Lipinski definition) is 11. The maximum atomic E-state index is 11.5. The molecule has 2 fully saturated rings. The molecule has 0 aromatic rings. The van der Waals surface area contributed by atoms with Gasteiger partial charge >= 0.3 is 17.9 Å². The van der Waals surface area contributed by atoms with Gasteiger partial charge in [0.25, 0.3) is 0 Å². The number of carbonyl (C=O) groups is 4. The predicted octanol–water partition coefficient (Wildman–Crippen LogP) is 7.11. The van der Waals surface area contributed by atoms with E-state index in [2.05, 4.69) is 51.8 Å². The smallest absolute Gasteiger partial charge is 0.344 e. The zero-order chi connectivity index (χ0) is 38.4. The molecule has 2 rings (SSSR count). The molecule has 0 radical (unpaired) electrons. The minimum atomic E-state index is -0.585. The summed E-state index contributed by atoms with van der Waals surface area (Å²) in [7, 11) is 0. The molecule has 11 nitrogen and oxygen atoms in total. The van der Waals surface area contributed by atoms with Crippen LogP contribution in [0.3, 0.4) is 0 Å². The summed E-state index contributed by atoms with van der Waals surface area (Å²) in [4.78, 5) is 44.0. The van der Waals surface area contributed by atoms with Gasteiger partial charge in [-0.2, -0.15) is 0 Å². The van der Waals surface area contributed by atoms with Crippen LogP contribution in [0.2, 0.25) is 0 Å². The molecule has 3 unspecified atom stereocenters. The van der Waals surface area contributed by atoms with E-state index in [0.717, 1.165) is 25.7 Å². The molecule has 2 heterocycles. The summed E-state index contributed by atoms with van der Waals surface area (Å²) in [6.45, 7) is 35.9. The zero-order valence-corrected chi connectivity index (χ0v) is 32.3. The van der Waals surface area contributed by atoms with Gasteiger partial charge in [0.15, 0.2) is 18.7 Å². The minimum Gasteiger partial charge on any atom is -0.462 e. The van der Waals surface area contributed by atoms with Gasteiger partial charge < -0.3 is 33.2 Å². The number of hydrogen-bond donors (Lipinski definition) is 0. The Hall–Kier alpha value is -2.86. The first-order chi connectivity index (χ1) is 22.6. The van der Waals surface area contributed by atoms with Crippen molar-refractivity contribution in [3.63, 3.8) is 0 Å². The van der Waals surface area contributed by atoms with Gasteiger partial charge in [0.05, 0.1) is 37.6 Å². The third-order valence-electron chi connectivity index (χ3n) is 7.84. The number of allylic oxidation sites excluding steroid dienone is 1. The number of ketones is 1. The highest BCUT2D eigenvalue weighted by Gasteiger charge is 2.49. The monoisotopic (exact) mass is 698 g/mol. The summed E-state index contributed by atoms with van der Waals surface area (Å²) < 4.78 is 37.5. The normalized spacial score (nSPS) is 20.3. The molecule has 2 saturated heterocycles. The van der Waals surface area contributed by atoms with Crippen LogP contribution >= 0.6 is 0 Å². The Kier molecular flexibility index (Phi) is 23.9. The van der Waals surface area contributed by atoms with Gasteiger partial charge in [-0.25, -0.2) is 9.59 Å². The second-order valence-corrected chi connectivity index (χ2v) is 14.0. The summed E-state index contributed by atoms with van der Waals surface area (Å²) in [6.07, 6.45) is 4.54. The van der Waals surface area contributed by atoms with Crippen LogP contribution in [0.25, 0.3) is 0 Å². The quantitative estimate of drug-likeness (QED) is 0.0570. The van der Waals surface area contributed by atoms with Crippen LogP contribution in [0.15, 0.2) is 37.5 Å². The topological polar surface area (TPSA) is 133 Å². The maximum absolute atomic E-state index is 11.5. The van der Waals surface area contributed by atoms with Crippen LogP contribution in [0.5, 0.6) is 0 Å². The zero-order valence-electron chi connectivity index (χ0n) is 32.3. The Morgan fingerprint density at radius 3 is 1.98 bits per heavy atom. The van der Waals surface area contributed by atoms with E-state index in [4.69, 9.17) is 28.4 Å². The Labute approximate surface area is 296 Å². The molecule has 11 heteroatoms. The van der Waals surface area contributed by atoms with Crippen molar-refractivity contribution in [2.45, 2.75) is 132 Å². The SMILES string of the molecule is C=C.C=C(C)C(=O)CCCOCC1CCC(C)O1.C=C(C)C(=O)OCCC.CC(=O)OCC(=O)OCC(C)(C)C1OCC(C)(C)C(C)(C)O1. The van der Waals surface area contributed by atoms with E-state index in [-0.39, 0.29) is 42.1 Å². The number of ether oxygens (including phenoxy) is 7. The van der Waals surface area contributed by atoms with E-state index in [0.29, 0.717) is 50.1 Å². The number of Topliss-reactive ketones (excluding diaryl/α,β-unsaturated/α-hetero) is 1. The second kappa shape index (κ2) is 24.3. The van der Waals surface area contributed by atoms with Crippen LogP contribution in [-0.4, -0.2) is 87.4 Å². The fourth-order valence-corrected chi connectivity index (χ4v) is 3.93. The van der Waals surface area contributed by atoms with Gasteiger partial charge in [0.2, 0.25) is 0 Å². The molecule has 0 bridgehead atoms. The van der Waals surface area contributed by atoms with E-state index in [9.17, 15) is 19.2 Å². The van der Waals surface area contributed by atoms with Gasteiger partial charge in [-0.1, -0.05) is 47.8 Å². The highest BCUT2D eigenvalue weighted by molar-refractivity contribution is 5.94. The largest absolute Gasteiger partial charge is 0.462 e. The number of carbonyl (C=O) groups excluding carboxylic acids is 4. The molecule has 0 aliphatic carbocycles. The van der Waals surface area contributed by atoms with E-state index in [1.807, 2.05) is 34.6 Å². The van der Waals surface area contributed by atoms with E-state index in [1.54, 1.807) is 13.8 Å². The van der Waals surface area contributed by atoms with Crippen molar-refractivity contribution in [3.05, 3.63) is 37.5 Å². The van der Waals surface area contributed by atoms with Gasteiger partial charge in [-0.15, -0.1) is 13.2 Å². The third-order valence-corrected chi connectivity index (χ3v) is 7.84. The van der Waals surface area contributed by atoms with Gasteiger partial charge in [-0.05, 0) is 65.9 Å². The highest BCUT2D eigenvalue weighted by Crippen LogP contribution is 2.43. The number of esters is 3. The molecule has 0 N–H and O–H groups in total. The fourth-order valence-electron chi connectivity index (χ4n) is 3.93. The van der Waals surface area contributed by atoms with E-state index < -0.39 is 23.6 Å². The molecule has 49 heavy (non-hydrogen) atoms. The summed E-state index contributed by atoms with van der Waals surface area (Å²) in [6, 6.07) is 0. The molecule has 0 aromatic heterocycles. The molecular formula is C38H66O11. The summed E-state index contributed by atoms with van der Waals surface area (Å²) in [5.41, 5.74) is 0.122. The molecule has 0 spiro atoms. The molecule has 2 aliphatic rings. The lowest BCUT2D eigenvalue weighted by Gasteiger charge is -2.51. The van der Waals surface area contributed by atoms with Crippen molar-refractivity contribution in [2.75, 3.05) is 39.6 Å². The van der Waals surface area contributed by atoms with Crippen molar-refractivity contribution >= 4 is 23.7 Å². The molecular weight excluding hydrogens is 632 g/mol. The third kappa shape index (κ3) is 21.1. The molecule has 0 aromatic carbocycles. The van der Waals surface area contributed by atoms with Crippen molar-refractivity contribution in [2.24, 2.45) is 10.8 Å². The lowest BCUT2D eigenvalue weighted by atomic mass is 9.76. The molecule has 0 saturated carbocycles. The van der Waals surface area contributed by atoms with Crippen molar-refractivity contribution < 1.29 is 52.3 Å². The van der Waals surface area contributed by atoms with Crippen LogP contribution in [0, 0.1) is 10.8 Å². The summed E-state index contributed by atoms with van der Waals surface area (Å²) in [5.74, 6) is -1.26. The summed E-state index contributed by atoms with van der Waals surface area (Å²) in [5, 5.41) is 0. The van der Waals surface area contributed by atoms with Crippen molar-refractivity contribution in [1.29, 1.82) is 0 Å². The first kappa shape index (κ1) is 48.3. The first-order valence-electron chi connectivity index (χ1n) is 17.0. The average molecular weight is 699 g/mol. The van der Waals surface area contributed by atoms with Crippen LogP contribution in [0.4, 0.5) is 0 Å². The predicted molar refractivity (Wildman–Crippen MR) is 191 cm³/mol. The van der Waals surface area contributed by atoms with E-state index in [1.165, 1.54) is 6.92 Å². The fraction of sp³-hybridized carbons (Fsp3) is 0.737. The standard InChI is InChI=1S/C16H28O6.C13H22O3.C7H12O2.C2H4/c1-11(17)19-8-12(18)20-9-14(2,3)13-21-10-15(4,5)16(6,7)22-13;1-10(2)13(14)5-4-8-15-9-12-7-6-11(3)16-12;1-4-5-9-7(8)6(2)3;1-2/h13H,8-10H2,1-7H3;11-12H,1,4-9H2,2-3H3;2,4-5H2,1,3H3;1-2H2. The van der Waals surface area contributed by atoms with E-state index >= 15 is 0 Å². The summed E-state index contributed by atoms with van der Waals surface area (Å²) >= 11 is 0. The average Bonchev–Trinajstić information content (AvgIpc) is 3.44. The Bertz CT molecular complexity index is 1040.